The molecule has 1 aliphatic rings. The highest BCUT2D eigenvalue weighted by molar-refractivity contribution is 9.10. The first-order valence-corrected chi connectivity index (χ1v) is 12.3. The van der Waals surface area contributed by atoms with Crippen LogP contribution in [0.2, 0.25) is 0 Å². The Bertz CT molecular complexity index is 1080. The maximum absolute atomic E-state index is 12.3. The summed E-state index contributed by atoms with van der Waals surface area (Å²) in [7, 11) is 4.00. The number of amides is 2. The van der Waals surface area contributed by atoms with Crippen LogP contribution in [-0.2, 0) is 6.42 Å². The Balaban J connectivity index is 1.23. The van der Waals surface area contributed by atoms with Crippen molar-refractivity contribution in [3.63, 3.8) is 0 Å². The largest absolute Gasteiger partial charge is 0.362 e. The molecule has 33 heavy (non-hydrogen) atoms. The van der Waals surface area contributed by atoms with Gasteiger partial charge < -0.3 is 20.9 Å². The Morgan fingerprint density at radius 1 is 1.00 bits per heavy atom. The molecular formula is C25H31BrN6O. The van der Waals surface area contributed by atoms with Gasteiger partial charge in [0.1, 0.15) is 5.82 Å². The molecule has 174 valence electrons. The number of halogens is 1. The number of benzene rings is 2. The Kier molecular flexibility index (Phi) is 7.65. The second-order valence-corrected chi connectivity index (χ2v) is 9.67. The molecular weight excluding hydrogens is 480 g/mol. The summed E-state index contributed by atoms with van der Waals surface area (Å²) in [5.74, 6) is 1.58. The maximum Gasteiger partial charge on any atom is 0.315 e. The Labute approximate surface area is 203 Å². The molecule has 2 aromatic carbocycles. The number of nitrogens with one attached hydrogen (secondary N) is 3. The molecule has 2 amide bonds. The van der Waals surface area contributed by atoms with E-state index < -0.39 is 0 Å². The quantitative estimate of drug-likeness (QED) is 0.428. The van der Waals surface area contributed by atoms with Crippen molar-refractivity contribution in [3.8, 4) is 0 Å². The molecule has 3 N–H and O–H groups in total. The number of fused-ring (bicyclic) bond motifs is 1. The molecule has 8 heteroatoms. The van der Waals surface area contributed by atoms with Crippen molar-refractivity contribution in [1.82, 2.24) is 20.6 Å². The molecule has 0 saturated heterocycles. The van der Waals surface area contributed by atoms with Gasteiger partial charge in [-0.15, -0.1) is 0 Å². The zero-order chi connectivity index (χ0) is 23.2. The van der Waals surface area contributed by atoms with Crippen LogP contribution >= 0.6 is 15.9 Å². The fourth-order valence-corrected chi connectivity index (χ4v) is 4.50. The second kappa shape index (κ2) is 10.8. The highest BCUT2D eigenvalue weighted by Gasteiger charge is 2.23. The summed E-state index contributed by atoms with van der Waals surface area (Å²) in [5, 5.41) is 10.7. The lowest BCUT2D eigenvalue weighted by Crippen LogP contribution is -2.45. The van der Waals surface area contributed by atoms with Crippen molar-refractivity contribution < 1.29 is 4.79 Å². The van der Waals surface area contributed by atoms with Gasteiger partial charge in [0.2, 0.25) is 5.95 Å². The number of anilines is 2. The molecule has 0 spiro atoms. The van der Waals surface area contributed by atoms with E-state index in [4.69, 9.17) is 9.97 Å². The Morgan fingerprint density at radius 2 is 1.70 bits per heavy atom. The van der Waals surface area contributed by atoms with E-state index >= 15 is 0 Å². The fourth-order valence-electron chi connectivity index (χ4n) is 4.24. The number of aromatic nitrogens is 2. The normalized spacial score (nSPS) is 18.0. The number of hydrogen-bond donors (Lipinski definition) is 3. The van der Waals surface area contributed by atoms with Gasteiger partial charge in [-0.05, 0) is 61.9 Å². The number of hydrogen-bond acceptors (Lipinski definition) is 5. The molecule has 0 bridgehead atoms. The highest BCUT2D eigenvalue weighted by Crippen LogP contribution is 2.26. The third-order valence-corrected chi connectivity index (χ3v) is 6.54. The first-order valence-electron chi connectivity index (χ1n) is 11.5. The summed E-state index contributed by atoms with van der Waals surface area (Å²) < 4.78 is 1.06. The van der Waals surface area contributed by atoms with E-state index in [1.54, 1.807) is 0 Å². The van der Waals surface area contributed by atoms with Gasteiger partial charge in [-0.25, -0.2) is 9.78 Å². The van der Waals surface area contributed by atoms with Crippen molar-refractivity contribution in [2.45, 2.75) is 44.2 Å². The zero-order valence-electron chi connectivity index (χ0n) is 19.1. The number of carbonyl (C=O) groups is 1. The maximum atomic E-state index is 12.3. The van der Waals surface area contributed by atoms with Crippen molar-refractivity contribution >= 4 is 44.6 Å². The van der Waals surface area contributed by atoms with Crippen LogP contribution < -0.4 is 20.9 Å². The predicted octanol–water partition coefficient (Wildman–Crippen LogP) is 4.72. The van der Waals surface area contributed by atoms with Crippen LogP contribution in [0.15, 0.2) is 53.0 Å². The Morgan fingerprint density at radius 3 is 2.42 bits per heavy atom. The molecule has 0 unspecified atom stereocenters. The molecule has 0 radical (unpaired) electrons. The lowest BCUT2D eigenvalue weighted by atomic mass is 9.91. The van der Waals surface area contributed by atoms with Gasteiger partial charge in [-0.2, -0.15) is 4.98 Å². The summed E-state index contributed by atoms with van der Waals surface area (Å²) in [6.07, 6.45) is 4.63. The standard InChI is InChI=1S/C25H31BrN6O/c1-32(2)23-21-5-3-4-6-22(21)30-24(31-23)28-19-11-13-20(14-12-19)29-25(33)27-16-15-17-7-9-18(26)10-8-17/h3-10,19-20H,11-16H2,1-2H3,(H2,27,29,33)(H,28,30,31). The number of para-hydroxylation sites is 1. The average molecular weight is 511 g/mol. The summed E-state index contributed by atoms with van der Waals surface area (Å²) in [5.41, 5.74) is 2.15. The third kappa shape index (κ3) is 6.35. The lowest BCUT2D eigenvalue weighted by molar-refractivity contribution is 0.232. The molecule has 1 saturated carbocycles. The predicted molar refractivity (Wildman–Crippen MR) is 138 cm³/mol. The van der Waals surface area contributed by atoms with E-state index in [-0.39, 0.29) is 12.1 Å². The monoisotopic (exact) mass is 510 g/mol. The van der Waals surface area contributed by atoms with Gasteiger partial charge in [0, 0.05) is 42.6 Å². The van der Waals surface area contributed by atoms with Crippen LogP contribution in [-0.4, -0.2) is 48.7 Å². The number of urea groups is 1. The van der Waals surface area contributed by atoms with Crippen molar-refractivity contribution in [1.29, 1.82) is 0 Å². The van der Waals surface area contributed by atoms with Gasteiger partial charge in [0.05, 0.1) is 5.52 Å². The summed E-state index contributed by atoms with van der Waals surface area (Å²) in [6.45, 7) is 0.623. The van der Waals surface area contributed by atoms with Gasteiger partial charge in [0.25, 0.3) is 0 Å². The fraction of sp³-hybridized carbons (Fsp3) is 0.400. The van der Waals surface area contributed by atoms with E-state index in [1.807, 2.05) is 49.3 Å². The van der Waals surface area contributed by atoms with Crippen molar-refractivity contribution in [2.24, 2.45) is 0 Å². The zero-order valence-corrected chi connectivity index (χ0v) is 20.7. The first-order chi connectivity index (χ1) is 16.0. The SMILES string of the molecule is CN(C)c1nc(NC2CCC(NC(=O)NCCc3ccc(Br)cc3)CC2)nc2ccccc12. The molecule has 0 aliphatic heterocycles. The van der Waals surface area contributed by atoms with E-state index in [1.165, 1.54) is 5.56 Å². The van der Waals surface area contributed by atoms with Crippen LogP contribution in [0.25, 0.3) is 10.9 Å². The van der Waals surface area contributed by atoms with E-state index in [0.717, 1.165) is 53.3 Å². The minimum atomic E-state index is -0.0861. The van der Waals surface area contributed by atoms with Crippen LogP contribution in [0, 0.1) is 0 Å². The van der Waals surface area contributed by atoms with Gasteiger partial charge >= 0.3 is 6.03 Å². The molecule has 0 atom stereocenters. The second-order valence-electron chi connectivity index (χ2n) is 8.75. The first kappa shape index (κ1) is 23.3. The molecule has 4 rings (SSSR count). The Hall–Kier alpha value is -2.87. The molecule has 1 fully saturated rings. The summed E-state index contributed by atoms with van der Waals surface area (Å²) in [6, 6.07) is 16.7. The highest BCUT2D eigenvalue weighted by atomic mass is 79.9. The average Bonchev–Trinajstić information content (AvgIpc) is 2.81. The number of carbonyl (C=O) groups excluding carboxylic acids is 1. The smallest absolute Gasteiger partial charge is 0.315 e. The van der Waals surface area contributed by atoms with Gasteiger partial charge in [-0.3, -0.25) is 0 Å². The molecule has 1 aliphatic carbocycles. The third-order valence-electron chi connectivity index (χ3n) is 6.01. The van der Waals surface area contributed by atoms with Crippen molar-refractivity contribution in [2.75, 3.05) is 30.9 Å². The van der Waals surface area contributed by atoms with Crippen LogP contribution in [0.1, 0.15) is 31.2 Å². The van der Waals surface area contributed by atoms with E-state index in [9.17, 15) is 4.79 Å². The topological polar surface area (TPSA) is 82.2 Å². The summed E-state index contributed by atoms with van der Waals surface area (Å²) >= 11 is 3.44. The van der Waals surface area contributed by atoms with Gasteiger partial charge in [-0.1, -0.05) is 40.2 Å². The lowest BCUT2D eigenvalue weighted by Gasteiger charge is -2.30. The summed E-state index contributed by atoms with van der Waals surface area (Å²) in [4.78, 5) is 23.8. The molecule has 7 nitrogen and oxygen atoms in total. The van der Waals surface area contributed by atoms with Crippen LogP contribution in [0.3, 0.4) is 0 Å². The van der Waals surface area contributed by atoms with E-state index in [0.29, 0.717) is 18.5 Å². The van der Waals surface area contributed by atoms with Crippen molar-refractivity contribution in [3.05, 3.63) is 58.6 Å². The van der Waals surface area contributed by atoms with Crippen LogP contribution in [0.5, 0.6) is 0 Å². The van der Waals surface area contributed by atoms with E-state index in [2.05, 4.69) is 50.1 Å². The minimum Gasteiger partial charge on any atom is -0.362 e. The number of nitrogens with zero attached hydrogens (tertiary/aromatic N) is 3. The molecule has 1 heterocycles. The molecule has 3 aromatic rings. The number of rotatable bonds is 7. The van der Waals surface area contributed by atoms with Gasteiger partial charge in [0.15, 0.2) is 0 Å². The van der Waals surface area contributed by atoms with Crippen LogP contribution in [0.4, 0.5) is 16.6 Å². The minimum absolute atomic E-state index is 0.0861. The molecule has 1 aromatic heterocycles.